The van der Waals surface area contributed by atoms with E-state index >= 15 is 0 Å². The molecule has 0 bridgehead atoms. The fourth-order valence-corrected chi connectivity index (χ4v) is 3.53. The number of sulfone groups is 1. The summed E-state index contributed by atoms with van der Waals surface area (Å²) in [4.78, 5) is 1.99. The molecule has 4 nitrogen and oxygen atoms in total. The van der Waals surface area contributed by atoms with Crippen molar-refractivity contribution in [3.05, 3.63) is 28.8 Å². The van der Waals surface area contributed by atoms with Crippen molar-refractivity contribution >= 4 is 21.4 Å². The zero-order valence-electron chi connectivity index (χ0n) is 10.6. The summed E-state index contributed by atoms with van der Waals surface area (Å²) >= 11 is 5.86. The Balaban J connectivity index is 1.99. The van der Waals surface area contributed by atoms with Gasteiger partial charge in [-0.1, -0.05) is 17.7 Å². The normalized spacial score (nSPS) is 19.2. The maximum Gasteiger partial charge on any atom is 0.387 e. The van der Waals surface area contributed by atoms with E-state index in [-0.39, 0.29) is 22.3 Å². The number of hydrogen-bond acceptors (Lipinski definition) is 4. The van der Waals surface area contributed by atoms with Gasteiger partial charge in [-0.05, 0) is 17.7 Å². The number of hydrogen-bond donors (Lipinski definition) is 0. The van der Waals surface area contributed by atoms with Crippen LogP contribution in [-0.4, -0.2) is 44.5 Å². The second kappa shape index (κ2) is 6.24. The highest BCUT2D eigenvalue weighted by Crippen LogP contribution is 2.27. The molecule has 8 heteroatoms. The van der Waals surface area contributed by atoms with Gasteiger partial charge >= 0.3 is 6.61 Å². The third kappa shape index (κ3) is 4.29. The Hall–Kier alpha value is -0.920. The van der Waals surface area contributed by atoms with Crippen LogP contribution in [-0.2, 0) is 16.4 Å². The van der Waals surface area contributed by atoms with Gasteiger partial charge in [-0.15, -0.1) is 0 Å². The molecule has 0 amide bonds. The van der Waals surface area contributed by atoms with E-state index in [0.717, 1.165) is 5.56 Å². The molecule has 0 aliphatic carbocycles. The average molecular weight is 326 g/mol. The van der Waals surface area contributed by atoms with Crippen LogP contribution in [0.3, 0.4) is 0 Å². The molecule has 0 spiro atoms. The van der Waals surface area contributed by atoms with Gasteiger partial charge < -0.3 is 4.74 Å². The van der Waals surface area contributed by atoms with Gasteiger partial charge in [0.2, 0.25) is 0 Å². The van der Waals surface area contributed by atoms with E-state index in [4.69, 9.17) is 11.6 Å². The quantitative estimate of drug-likeness (QED) is 0.851. The van der Waals surface area contributed by atoms with Gasteiger partial charge in [-0.25, -0.2) is 8.42 Å². The first-order valence-electron chi connectivity index (χ1n) is 6.02. The molecule has 1 aliphatic heterocycles. The van der Waals surface area contributed by atoms with Crippen molar-refractivity contribution in [2.75, 3.05) is 24.6 Å². The molecule has 0 N–H and O–H groups in total. The van der Waals surface area contributed by atoms with Crippen molar-refractivity contribution < 1.29 is 21.9 Å². The van der Waals surface area contributed by atoms with Crippen LogP contribution in [0.25, 0.3) is 0 Å². The SMILES string of the molecule is O=S1(=O)CCN(Cc2ccc(OC(F)F)c(Cl)c2)CC1. The van der Waals surface area contributed by atoms with E-state index in [9.17, 15) is 17.2 Å². The Morgan fingerprint density at radius 2 is 1.95 bits per heavy atom. The van der Waals surface area contributed by atoms with Gasteiger partial charge in [-0.2, -0.15) is 8.78 Å². The Labute approximate surface area is 121 Å². The van der Waals surface area contributed by atoms with Crippen molar-refractivity contribution in [3.63, 3.8) is 0 Å². The lowest BCUT2D eigenvalue weighted by Crippen LogP contribution is -2.39. The molecule has 112 valence electrons. The lowest BCUT2D eigenvalue weighted by Gasteiger charge is -2.26. The fourth-order valence-electron chi connectivity index (χ4n) is 2.00. The average Bonchev–Trinajstić information content (AvgIpc) is 2.35. The third-order valence-electron chi connectivity index (χ3n) is 3.06. The van der Waals surface area contributed by atoms with E-state index in [1.807, 2.05) is 4.90 Å². The van der Waals surface area contributed by atoms with E-state index in [1.165, 1.54) is 6.07 Å². The molecule has 1 aromatic rings. The molecular formula is C12H14ClF2NO3S. The standard InChI is InChI=1S/C12H14ClF2NO3S/c13-10-7-9(1-2-11(10)19-12(14)15)8-16-3-5-20(17,18)6-4-16/h1-2,7,12H,3-6,8H2. The first-order valence-corrected chi connectivity index (χ1v) is 8.22. The Morgan fingerprint density at radius 1 is 1.30 bits per heavy atom. The van der Waals surface area contributed by atoms with Gasteiger partial charge in [0, 0.05) is 19.6 Å². The van der Waals surface area contributed by atoms with Crippen LogP contribution in [0.1, 0.15) is 5.56 Å². The molecule has 2 rings (SSSR count). The van der Waals surface area contributed by atoms with Crippen LogP contribution in [0.4, 0.5) is 8.78 Å². The van der Waals surface area contributed by atoms with E-state index in [0.29, 0.717) is 19.6 Å². The highest BCUT2D eigenvalue weighted by Gasteiger charge is 2.21. The summed E-state index contributed by atoms with van der Waals surface area (Å²) in [7, 11) is -2.91. The minimum atomic E-state index is -2.91. The summed E-state index contributed by atoms with van der Waals surface area (Å²) < 4.78 is 51.1. The van der Waals surface area contributed by atoms with Crippen LogP contribution >= 0.6 is 11.6 Å². The number of alkyl halides is 2. The molecule has 0 aromatic heterocycles. The second-order valence-electron chi connectivity index (χ2n) is 4.57. The largest absolute Gasteiger partial charge is 0.433 e. The maximum atomic E-state index is 12.1. The van der Waals surface area contributed by atoms with Crippen molar-refractivity contribution in [2.45, 2.75) is 13.2 Å². The summed E-state index contributed by atoms with van der Waals surface area (Å²) in [5, 5.41) is 0.118. The maximum absolute atomic E-state index is 12.1. The molecule has 1 saturated heterocycles. The van der Waals surface area contributed by atoms with E-state index < -0.39 is 16.4 Å². The van der Waals surface area contributed by atoms with Gasteiger partial charge in [0.15, 0.2) is 9.84 Å². The van der Waals surface area contributed by atoms with Crippen molar-refractivity contribution in [3.8, 4) is 5.75 Å². The monoisotopic (exact) mass is 325 g/mol. The first kappa shape index (κ1) is 15.5. The molecule has 1 heterocycles. The minimum Gasteiger partial charge on any atom is -0.433 e. The summed E-state index contributed by atoms with van der Waals surface area (Å²) in [5.74, 6) is 0.229. The fraction of sp³-hybridized carbons (Fsp3) is 0.500. The zero-order valence-corrected chi connectivity index (χ0v) is 12.1. The van der Waals surface area contributed by atoms with Gasteiger partial charge in [0.05, 0.1) is 16.5 Å². The van der Waals surface area contributed by atoms with Gasteiger partial charge in [0.25, 0.3) is 0 Å². The third-order valence-corrected chi connectivity index (χ3v) is 4.96. The van der Waals surface area contributed by atoms with Crippen LogP contribution in [0.5, 0.6) is 5.75 Å². The molecule has 0 atom stereocenters. The van der Waals surface area contributed by atoms with Crippen LogP contribution in [0.15, 0.2) is 18.2 Å². The van der Waals surface area contributed by atoms with Crippen molar-refractivity contribution in [1.29, 1.82) is 0 Å². The van der Waals surface area contributed by atoms with Crippen LogP contribution < -0.4 is 4.74 Å². The molecule has 1 aliphatic rings. The number of benzene rings is 1. The number of ether oxygens (including phenoxy) is 1. The Kier molecular flexibility index (Phi) is 4.82. The summed E-state index contributed by atoms with van der Waals surface area (Å²) in [6.07, 6.45) is 0. The molecule has 0 saturated carbocycles. The zero-order chi connectivity index (χ0) is 14.8. The number of halogens is 3. The number of rotatable bonds is 4. The molecule has 1 aromatic carbocycles. The highest BCUT2D eigenvalue weighted by molar-refractivity contribution is 7.91. The minimum absolute atomic E-state index is 0.0633. The lowest BCUT2D eigenvalue weighted by atomic mass is 10.2. The Morgan fingerprint density at radius 3 is 2.50 bits per heavy atom. The van der Waals surface area contributed by atoms with Crippen LogP contribution in [0, 0.1) is 0 Å². The molecular weight excluding hydrogens is 312 g/mol. The predicted molar refractivity (Wildman–Crippen MR) is 72.0 cm³/mol. The topological polar surface area (TPSA) is 46.6 Å². The van der Waals surface area contributed by atoms with Crippen LogP contribution in [0.2, 0.25) is 5.02 Å². The Bertz CT molecular complexity index is 566. The molecule has 0 unspecified atom stereocenters. The predicted octanol–water partition coefficient (Wildman–Crippen LogP) is 2.17. The van der Waals surface area contributed by atoms with Gasteiger partial charge in [0.1, 0.15) is 5.75 Å². The number of nitrogens with zero attached hydrogens (tertiary/aromatic N) is 1. The molecule has 0 radical (unpaired) electrons. The summed E-state index contributed by atoms with van der Waals surface area (Å²) in [6.45, 7) is -1.44. The van der Waals surface area contributed by atoms with Crippen molar-refractivity contribution in [2.24, 2.45) is 0 Å². The van der Waals surface area contributed by atoms with Gasteiger partial charge in [-0.3, -0.25) is 4.90 Å². The second-order valence-corrected chi connectivity index (χ2v) is 7.28. The van der Waals surface area contributed by atoms with E-state index in [2.05, 4.69) is 4.74 Å². The van der Waals surface area contributed by atoms with Crippen molar-refractivity contribution in [1.82, 2.24) is 4.90 Å². The first-order chi connectivity index (χ1) is 9.35. The summed E-state index contributed by atoms with van der Waals surface area (Å²) in [5.41, 5.74) is 0.830. The molecule has 1 fully saturated rings. The molecule has 20 heavy (non-hydrogen) atoms. The smallest absolute Gasteiger partial charge is 0.387 e. The lowest BCUT2D eigenvalue weighted by molar-refractivity contribution is -0.0498. The van der Waals surface area contributed by atoms with E-state index in [1.54, 1.807) is 12.1 Å². The summed E-state index contributed by atoms with van der Waals surface area (Å²) in [6, 6.07) is 4.60. The highest BCUT2D eigenvalue weighted by atomic mass is 35.5.